The number of carbonyl (C=O) groups is 1. The fraction of sp³-hybridized carbons (Fsp3) is 0.667. The molecule has 0 aliphatic carbocycles. The van der Waals surface area contributed by atoms with Crippen LogP contribution in [0.5, 0.6) is 0 Å². The van der Waals surface area contributed by atoms with Crippen molar-refractivity contribution >= 4 is 17.7 Å². The smallest absolute Gasteiger partial charge is 0.304 e. The molecule has 0 unspecified atom stereocenters. The number of aryl methyl sites for hydroxylation is 1. The number of carboxylic acid groups (broad SMARTS) is 1. The summed E-state index contributed by atoms with van der Waals surface area (Å²) in [5.41, 5.74) is 0. The number of thioether (sulfide) groups is 1. The molecule has 6 heteroatoms. The van der Waals surface area contributed by atoms with Gasteiger partial charge >= 0.3 is 5.97 Å². The number of carboxylic acids is 1. The minimum absolute atomic E-state index is 0.167. The van der Waals surface area contributed by atoms with Crippen LogP contribution in [0.2, 0.25) is 0 Å². The summed E-state index contributed by atoms with van der Waals surface area (Å²) >= 11 is 1.49. The van der Waals surface area contributed by atoms with Crippen LogP contribution in [0.4, 0.5) is 0 Å². The van der Waals surface area contributed by atoms with Crippen molar-refractivity contribution < 1.29 is 14.4 Å². The molecule has 0 aromatic carbocycles. The molecule has 1 aromatic heterocycles. The minimum atomic E-state index is -0.778. The summed E-state index contributed by atoms with van der Waals surface area (Å²) in [5, 5.41) is 12.2. The molecule has 0 fully saturated rings. The lowest BCUT2D eigenvalue weighted by Crippen LogP contribution is -1.96. The van der Waals surface area contributed by atoms with Crippen molar-refractivity contribution in [1.82, 2.24) is 10.1 Å². The molecule has 0 saturated heterocycles. The predicted octanol–water partition coefficient (Wildman–Crippen LogP) is 1.73. The molecule has 1 aromatic rings. The molecular formula is C9H14N2O3S. The number of rotatable bonds is 7. The van der Waals surface area contributed by atoms with E-state index in [4.69, 9.17) is 9.63 Å². The Hall–Kier alpha value is -1.04. The topological polar surface area (TPSA) is 76.2 Å². The Morgan fingerprint density at radius 2 is 2.40 bits per heavy atom. The van der Waals surface area contributed by atoms with Crippen LogP contribution < -0.4 is 0 Å². The largest absolute Gasteiger partial charge is 0.481 e. The summed E-state index contributed by atoms with van der Waals surface area (Å²) in [7, 11) is 0. The molecule has 0 radical (unpaired) electrons. The molecule has 5 nitrogen and oxygen atoms in total. The van der Waals surface area contributed by atoms with E-state index < -0.39 is 5.97 Å². The Morgan fingerprint density at radius 3 is 3.07 bits per heavy atom. The second-order valence-corrected chi connectivity index (χ2v) is 4.16. The van der Waals surface area contributed by atoms with Gasteiger partial charge in [0, 0.05) is 12.2 Å². The van der Waals surface area contributed by atoms with Crippen LogP contribution in [0, 0.1) is 0 Å². The van der Waals surface area contributed by atoms with Crippen LogP contribution >= 0.6 is 11.8 Å². The molecule has 0 aliphatic heterocycles. The first-order valence-electron chi connectivity index (χ1n) is 4.83. The monoisotopic (exact) mass is 230 g/mol. The second-order valence-electron chi connectivity index (χ2n) is 3.05. The average Bonchev–Trinajstić information content (AvgIpc) is 2.61. The van der Waals surface area contributed by atoms with Crippen molar-refractivity contribution in [2.75, 3.05) is 5.75 Å². The number of aliphatic carboxylic acids is 1. The molecule has 0 amide bonds. The van der Waals surface area contributed by atoms with E-state index in [-0.39, 0.29) is 6.42 Å². The molecule has 0 spiro atoms. The van der Waals surface area contributed by atoms with Crippen molar-refractivity contribution in [2.45, 2.75) is 31.9 Å². The van der Waals surface area contributed by atoms with Crippen LogP contribution in [0.15, 0.2) is 4.52 Å². The Kier molecular flexibility index (Phi) is 5.17. The third kappa shape index (κ3) is 4.83. The summed E-state index contributed by atoms with van der Waals surface area (Å²) in [6, 6.07) is 0. The van der Waals surface area contributed by atoms with Gasteiger partial charge in [0.1, 0.15) is 0 Å². The minimum Gasteiger partial charge on any atom is -0.481 e. The van der Waals surface area contributed by atoms with E-state index in [0.717, 1.165) is 18.7 Å². The van der Waals surface area contributed by atoms with Crippen molar-refractivity contribution in [2.24, 2.45) is 0 Å². The molecule has 1 N–H and O–H groups in total. The highest BCUT2D eigenvalue weighted by Gasteiger charge is 2.05. The van der Waals surface area contributed by atoms with Gasteiger partial charge in [0.25, 0.3) is 0 Å². The van der Waals surface area contributed by atoms with Crippen molar-refractivity contribution in [3.8, 4) is 0 Å². The van der Waals surface area contributed by atoms with Gasteiger partial charge in [0.05, 0.1) is 12.2 Å². The summed E-state index contributed by atoms with van der Waals surface area (Å²) < 4.78 is 4.99. The SMILES string of the molecule is CCCc1noc(CSCCC(=O)O)n1. The highest BCUT2D eigenvalue weighted by Crippen LogP contribution is 2.11. The van der Waals surface area contributed by atoms with Crippen LogP contribution in [0.3, 0.4) is 0 Å². The highest BCUT2D eigenvalue weighted by atomic mass is 32.2. The lowest BCUT2D eigenvalue weighted by molar-refractivity contribution is -0.136. The fourth-order valence-electron chi connectivity index (χ4n) is 0.993. The Bertz CT molecular complexity index is 314. The second kappa shape index (κ2) is 6.44. The molecular weight excluding hydrogens is 216 g/mol. The lowest BCUT2D eigenvalue weighted by Gasteiger charge is -1.93. The molecule has 84 valence electrons. The van der Waals surface area contributed by atoms with E-state index in [2.05, 4.69) is 17.1 Å². The van der Waals surface area contributed by atoms with Gasteiger partial charge in [-0.15, -0.1) is 0 Å². The zero-order valence-electron chi connectivity index (χ0n) is 8.60. The van der Waals surface area contributed by atoms with Crippen LogP contribution in [0.1, 0.15) is 31.5 Å². The molecule has 0 aliphatic rings. The number of nitrogens with zero attached hydrogens (tertiary/aromatic N) is 2. The van der Waals surface area contributed by atoms with Crippen molar-refractivity contribution in [3.63, 3.8) is 0 Å². The number of hydrogen-bond acceptors (Lipinski definition) is 5. The Balaban J connectivity index is 2.22. The van der Waals surface area contributed by atoms with E-state index in [1.807, 2.05) is 0 Å². The predicted molar refractivity (Wildman–Crippen MR) is 56.7 cm³/mol. The summed E-state index contributed by atoms with van der Waals surface area (Å²) in [6.07, 6.45) is 1.98. The van der Waals surface area contributed by atoms with Crippen molar-refractivity contribution in [1.29, 1.82) is 0 Å². The zero-order valence-corrected chi connectivity index (χ0v) is 9.42. The molecule has 1 heterocycles. The van der Waals surface area contributed by atoms with Crippen molar-refractivity contribution in [3.05, 3.63) is 11.7 Å². The number of aromatic nitrogens is 2. The van der Waals surface area contributed by atoms with E-state index in [1.54, 1.807) is 0 Å². The van der Waals surface area contributed by atoms with E-state index in [9.17, 15) is 4.79 Å². The van der Waals surface area contributed by atoms with E-state index >= 15 is 0 Å². The van der Waals surface area contributed by atoms with Gasteiger partial charge in [0.2, 0.25) is 5.89 Å². The Morgan fingerprint density at radius 1 is 1.60 bits per heavy atom. The standard InChI is InChI=1S/C9H14N2O3S/c1-2-3-7-10-8(14-11-7)6-15-5-4-9(12)13/h2-6H2,1H3,(H,12,13). The average molecular weight is 230 g/mol. The molecule has 15 heavy (non-hydrogen) atoms. The summed E-state index contributed by atoms with van der Waals surface area (Å²) in [6.45, 7) is 2.05. The van der Waals surface area contributed by atoms with Crippen LogP contribution in [-0.2, 0) is 17.0 Å². The highest BCUT2D eigenvalue weighted by molar-refractivity contribution is 7.98. The first kappa shape index (κ1) is 12.0. The maximum absolute atomic E-state index is 10.2. The first-order valence-corrected chi connectivity index (χ1v) is 5.99. The third-order valence-electron chi connectivity index (χ3n) is 1.67. The Labute approximate surface area is 92.2 Å². The van der Waals surface area contributed by atoms with Gasteiger partial charge in [-0.1, -0.05) is 12.1 Å². The van der Waals surface area contributed by atoms with Gasteiger partial charge in [-0.05, 0) is 6.42 Å². The number of hydrogen-bond donors (Lipinski definition) is 1. The maximum atomic E-state index is 10.2. The fourth-order valence-corrected chi connectivity index (χ4v) is 1.75. The van der Waals surface area contributed by atoms with Gasteiger partial charge in [-0.25, -0.2) is 0 Å². The normalized spacial score (nSPS) is 10.5. The first-order chi connectivity index (χ1) is 7.22. The zero-order chi connectivity index (χ0) is 11.1. The van der Waals surface area contributed by atoms with Crippen LogP contribution in [-0.4, -0.2) is 27.0 Å². The van der Waals surface area contributed by atoms with Gasteiger partial charge < -0.3 is 9.63 Å². The van der Waals surface area contributed by atoms with Gasteiger partial charge in [0.15, 0.2) is 5.82 Å². The van der Waals surface area contributed by atoms with Gasteiger partial charge in [-0.2, -0.15) is 16.7 Å². The summed E-state index contributed by atoms with van der Waals surface area (Å²) in [5.74, 6) is 1.69. The molecule has 1 rings (SSSR count). The van der Waals surface area contributed by atoms with E-state index in [0.29, 0.717) is 17.4 Å². The van der Waals surface area contributed by atoms with E-state index in [1.165, 1.54) is 11.8 Å². The quantitative estimate of drug-likeness (QED) is 0.719. The summed E-state index contributed by atoms with van der Waals surface area (Å²) in [4.78, 5) is 14.4. The van der Waals surface area contributed by atoms with Crippen LogP contribution in [0.25, 0.3) is 0 Å². The third-order valence-corrected chi connectivity index (χ3v) is 2.61. The molecule has 0 atom stereocenters. The molecule has 0 saturated carbocycles. The lowest BCUT2D eigenvalue weighted by atomic mass is 10.3. The van der Waals surface area contributed by atoms with Gasteiger partial charge in [-0.3, -0.25) is 4.79 Å². The molecule has 0 bridgehead atoms. The maximum Gasteiger partial charge on any atom is 0.304 e.